The molecule has 0 aromatic heterocycles. The van der Waals surface area contributed by atoms with E-state index in [-0.39, 0.29) is 11.8 Å². The highest BCUT2D eigenvalue weighted by atomic mass is 16.5. The molecule has 1 heterocycles. The molecule has 1 aliphatic rings. The van der Waals surface area contributed by atoms with E-state index in [0.717, 1.165) is 50.1 Å². The lowest BCUT2D eigenvalue weighted by atomic mass is 10.2. The van der Waals surface area contributed by atoms with Crippen LogP contribution in [0.25, 0.3) is 6.08 Å². The first-order valence-corrected chi connectivity index (χ1v) is 9.15. The summed E-state index contributed by atoms with van der Waals surface area (Å²) < 4.78 is 5.39. The molecule has 25 heavy (non-hydrogen) atoms. The predicted octanol–water partition coefficient (Wildman–Crippen LogP) is 3.01. The molecule has 5 heteroatoms. The first kappa shape index (κ1) is 19.0. The molecule has 1 N–H and O–H groups in total. The maximum Gasteiger partial charge on any atom is 0.244 e. The van der Waals surface area contributed by atoms with Crippen molar-refractivity contribution < 1.29 is 14.3 Å². The number of likely N-dealkylation sites (tertiary alicyclic amines) is 1. The summed E-state index contributed by atoms with van der Waals surface area (Å²) in [7, 11) is 0. The Morgan fingerprint density at radius 1 is 1.24 bits per heavy atom. The summed E-state index contributed by atoms with van der Waals surface area (Å²) in [6.45, 7) is 4.74. The van der Waals surface area contributed by atoms with Gasteiger partial charge in [-0.25, -0.2) is 0 Å². The predicted molar refractivity (Wildman–Crippen MR) is 99.3 cm³/mol. The molecule has 0 spiro atoms. The fourth-order valence-electron chi connectivity index (χ4n) is 2.83. The van der Waals surface area contributed by atoms with E-state index in [0.29, 0.717) is 19.6 Å². The number of carbonyl (C=O) groups excluding carboxylic acids is 2. The molecule has 1 saturated heterocycles. The van der Waals surface area contributed by atoms with Gasteiger partial charge in [-0.05, 0) is 50.0 Å². The van der Waals surface area contributed by atoms with Gasteiger partial charge in [0.15, 0.2) is 0 Å². The minimum absolute atomic E-state index is 0.115. The summed E-state index contributed by atoms with van der Waals surface area (Å²) in [4.78, 5) is 25.7. The quantitative estimate of drug-likeness (QED) is 0.582. The van der Waals surface area contributed by atoms with E-state index in [9.17, 15) is 9.59 Å². The highest BCUT2D eigenvalue weighted by Crippen LogP contribution is 2.13. The van der Waals surface area contributed by atoms with E-state index in [1.807, 2.05) is 36.1 Å². The minimum Gasteiger partial charge on any atom is -0.494 e. The van der Waals surface area contributed by atoms with Gasteiger partial charge in [0.25, 0.3) is 0 Å². The second-order valence-corrected chi connectivity index (χ2v) is 6.17. The van der Waals surface area contributed by atoms with Crippen molar-refractivity contribution in [1.29, 1.82) is 0 Å². The van der Waals surface area contributed by atoms with Gasteiger partial charge in [-0.15, -0.1) is 0 Å². The van der Waals surface area contributed by atoms with Gasteiger partial charge in [0, 0.05) is 32.1 Å². The van der Waals surface area contributed by atoms with Gasteiger partial charge in [0.2, 0.25) is 11.8 Å². The normalized spacial score (nSPS) is 15.2. The average molecular weight is 344 g/mol. The number of benzene rings is 1. The number of rotatable bonds is 8. The molecule has 0 radical (unpaired) electrons. The Bertz CT molecular complexity index is 581. The number of hydrogen-bond acceptors (Lipinski definition) is 3. The van der Waals surface area contributed by atoms with Gasteiger partial charge in [-0.1, -0.05) is 18.6 Å². The van der Waals surface area contributed by atoms with Crippen LogP contribution in [0.4, 0.5) is 0 Å². The average Bonchev–Trinajstić information content (AvgIpc) is 2.83. The maximum absolute atomic E-state index is 11.9. The molecule has 0 saturated carbocycles. The van der Waals surface area contributed by atoms with Crippen molar-refractivity contribution in [3.05, 3.63) is 35.9 Å². The number of nitrogens with zero attached hydrogens (tertiary/aromatic N) is 1. The fourth-order valence-corrected chi connectivity index (χ4v) is 2.83. The lowest BCUT2D eigenvalue weighted by molar-refractivity contribution is -0.130. The maximum atomic E-state index is 11.9. The Balaban J connectivity index is 1.67. The Kier molecular flexibility index (Phi) is 8.02. The Hall–Kier alpha value is -2.30. The zero-order chi connectivity index (χ0) is 17.9. The second kappa shape index (κ2) is 10.5. The van der Waals surface area contributed by atoms with Crippen LogP contribution in [0.15, 0.2) is 30.3 Å². The smallest absolute Gasteiger partial charge is 0.244 e. The van der Waals surface area contributed by atoms with Crippen molar-refractivity contribution in [1.82, 2.24) is 10.2 Å². The topological polar surface area (TPSA) is 58.6 Å². The Morgan fingerprint density at radius 3 is 2.80 bits per heavy atom. The zero-order valence-corrected chi connectivity index (χ0v) is 15.0. The van der Waals surface area contributed by atoms with Crippen molar-refractivity contribution in [3.8, 4) is 5.75 Å². The number of amides is 2. The number of hydrogen-bond donors (Lipinski definition) is 1. The Morgan fingerprint density at radius 2 is 2.04 bits per heavy atom. The van der Waals surface area contributed by atoms with E-state index < -0.39 is 0 Å². The van der Waals surface area contributed by atoms with Crippen molar-refractivity contribution in [2.45, 2.75) is 39.0 Å². The molecular weight excluding hydrogens is 316 g/mol. The first-order chi connectivity index (χ1) is 12.2. The molecular formula is C20H28N2O3. The van der Waals surface area contributed by atoms with Crippen LogP contribution in [-0.2, 0) is 9.59 Å². The van der Waals surface area contributed by atoms with E-state index in [1.54, 1.807) is 6.08 Å². The van der Waals surface area contributed by atoms with Crippen LogP contribution >= 0.6 is 0 Å². The lowest BCUT2D eigenvalue weighted by Gasteiger charge is -2.20. The number of carbonyl (C=O) groups is 2. The van der Waals surface area contributed by atoms with Crippen LogP contribution in [0.3, 0.4) is 0 Å². The molecule has 5 nitrogen and oxygen atoms in total. The molecule has 1 aliphatic heterocycles. The van der Waals surface area contributed by atoms with Crippen molar-refractivity contribution in [3.63, 3.8) is 0 Å². The first-order valence-electron chi connectivity index (χ1n) is 9.15. The monoisotopic (exact) mass is 344 g/mol. The molecule has 0 atom stereocenters. The molecule has 2 amide bonds. The highest BCUT2D eigenvalue weighted by molar-refractivity contribution is 5.91. The van der Waals surface area contributed by atoms with Crippen LogP contribution < -0.4 is 10.1 Å². The van der Waals surface area contributed by atoms with E-state index in [1.165, 1.54) is 6.08 Å². The van der Waals surface area contributed by atoms with Gasteiger partial charge in [0.1, 0.15) is 5.75 Å². The van der Waals surface area contributed by atoms with Gasteiger partial charge in [0.05, 0.1) is 6.61 Å². The summed E-state index contributed by atoms with van der Waals surface area (Å²) >= 11 is 0. The molecule has 0 bridgehead atoms. The molecule has 0 aliphatic carbocycles. The minimum atomic E-state index is -0.115. The lowest BCUT2D eigenvalue weighted by Crippen LogP contribution is -2.33. The third-order valence-corrected chi connectivity index (χ3v) is 4.19. The summed E-state index contributed by atoms with van der Waals surface area (Å²) in [5, 5.41) is 2.87. The second-order valence-electron chi connectivity index (χ2n) is 6.17. The number of ether oxygens (including phenoxy) is 1. The van der Waals surface area contributed by atoms with Crippen molar-refractivity contribution >= 4 is 17.9 Å². The summed E-state index contributed by atoms with van der Waals surface area (Å²) in [6.07, 6.45) is 7.99. The zero-order valence-electron chi connectivity index (χ0n) is 15.0. The highest BCUT2D eigenvalue weighted by Gasteiger charge is 2.15. The van der Waals surface area contributed by atoms with Gasteiger partial charge >= 0.3 is 0 Å². The fraction of sp³-hybridized carbons (Fsp3) is 0.500. The SMILES string of the molecule is CCOc1ccc(/C=C/C(=O)NCCCN2CCCCCC2=O)cc1. The van der Waals surface area contributed by atoms with Crippen LogP contribution in [0.5, 0.6) is 5.75 Å². The van der Waals surface area contributed by atoms with Crippen molar-refractivity contribution in [2.75, 3.05) is 26.2 Å². The molecule has 136 valence electrons. The largest absolute Gasteiger partial charge is 0.494 e. The summed E-state index contributed by atoms with van der Waals surface area (Å²) in [5.41, 5.74) is 0.953. The summed E-state index contributed by atoms with van der Waals surface area (Å²) in [5.74, 6) is 0.961. The van der Waals surface area contributed by atoms with Crippen LogP contribution in [0, 0.1) is 0 Å². The molecule has 1 aromatic carbocycles. The molecule has 0 unspecified atom stereocenters. The third kappa shape index (κ3) is 6.99. The van der Waals surface area contributed by atoms with Crippen LogP contribution in [-0.4, -0.2) is 43.0 Å². The summed E-state index contributed by atoms with van der Waals surface area (Å²) in [6, 6.07) is 7.61. The van der Waals surface area contributed by atoms with Gasteiger partial charge in [-0.2, -0.15) is 0 Å². The van der Waals surface area contributed by atoms with Crippen LogP contribution in [0.1, 0.15) is 44.6 Å². The molecule has 1 aromatic rings. The van der Waals surface area contributed by atoms with E-state index in [4.69, 9.17) is 4.74 Å². The van der Waals surface area contributed by atoms with Crippen LogP contribution in [0.2, 0.25) is 0 Å². The van der Waals surface area contributed by atoms with Gasteiger partial charge < -0.3 is 15.0 Å². The third-order valence-electron chi connectivity index (χ3n) is 4.19. The standard InChI is InChI=1S/C20H28N2O3/c1-2-25-18-11-8-17(9-12-18)10-13-19(23)21-14-6-16-22-15-5-3-4-7-20(22)24/h8-13H,2-7,14-16H2,1H3,(H,21,23)/b13-10+. The Labute approximate surface area is 150 Å². The van der Waals surface area contributed by atoms with E-state index in [2.05, 4.69) is 5.32 Å². The molecule has 2 rings (SSSR count). The number of nitrogens with one attached hydrogen (secondary N) is 1. The van der Waals surface area contributed by atoms with Crippen molar-refractivity contribution in [2.24, 2.45) is 0 Å². The van der Waals surface area contributed by atoms with Gasteiger partial charge in [-0.3, -0.25) is 9.59 Å². The molecule has 1 fully saturated rings. The van der Waals surface area contributed by atoms with E-state index >= 15 is 0 Å².